The van der Waals surface area contributed by atoms with Crippen LogP contribution in [0, 0.1) is 22.7 Å². The van der Waals surface area contributed by atoms with E-state index in [1.54, 1.807) is 18.2 Å². The van der Waals surface area contributed by atoms with Gasteiger partial charge in [-0.15, -0.1) is 0 Å². The van der Waals surface area contributed by atoms with E-state index in [0.29, 0.717) is 16.8 Å². The second-order valence-corrected chi connectivity index (χ2v) is 4.47. The second-order valence-electron chi connectivity index (χ2n) is 4.47. The van der Waals surface area contributed by atoms with Crippen molar-refractivity contribution in [1.82, 2.24) is 0 Å². The lowest BCUT2D eigenvalue weighted by atomic mass is 10.1. The van der Waals surface area contributed by atoms with E-state index in [1.165, 1.54) is 5.56 Å². The maximum absolute atomic E-state index is 9.07. The lowest BCUT2D eigenvalue weighted by Gasteiger charge is -2.09. The number of benzene rings is 2. The Kier molecular flexibility index (Phi) is 4.76. The first kappa shape index (κ1) is 13.6. The molecule has 0 aliphatic heterocycles. The maximum atomic E-state index is 9.07. The SMILES string of the molecule is N#Cc1cccc(C#N)c1NCCCc1ccccc1. The minimum absolute atomic E-state index is 0.517. The molecule has 0 saturated carbocycles. The lowest BCUT2D eigenvalue weighted by Crippen LogP contribution is -2.06. The summed E-state index contributed by atoms with van der Waals surface area (Å²) in [5, 5.41) is 21.4. The Morgan fingerprint density at radius 2 is 1.50 bits per heavy atom. The van der Waals surface area contributed by atoms with E-state index in [1.807, 2.05) is 18.2 Å². The predicted octanol–water partition coefficient (Wildman–Crippen LogP) is 3.47. The third-order valence-corrected chi connectivity index (χ3v) is 3.09. The molecule has 0 fully saturated rings. The molecule has 0 aromatic heterocycles. The highest BCUT2D eigenvalue weighted by molar-refractivity contribution is 5.66. The van der Waals surface area contributed by atoms with Crippen LogP contribution in [0.15, 0.2) is 48.5 Å². The summed E-state index contributed by atoms with van der Waals surface area (Å²) in [4.78, 5) is 0. The van der Waals surface area contributed by atoms with Crippen molar-refractivity contribution in [3.8, 4) is 12.1 Å². The molecule has 0 spiro atoms. The zero-order valence-corrected chi connectivity index (χ0v) is 11.1. The third-order valence-electron chi connectivity index (χ3n) is 3.09. The van der Waals surface area contributed by atoms with Gasteiger partial charge in [0.15, 0.2) is 0 Å². The van der Waals surface area contributed by atoms with Gasteiger partial charge in [-0.2, -0.15) is 10.5 Å². The number of hydrogen-bond acceptors (Lipinski definition) is 3. The summed E-state index contributed by atoms with van der Waals surface area (Å²) in [6.45, 7) is 0.738. The maximum Gasteiger partial charge on any atom is 0.101 e. The first-order chi connectivity index (χ1) is 9.85. The van der Waals surface area contributed by atoms with Crippen molar-refractivity contribution in [3.05, 3.63) is 65.2 Å². The molecule has 2 rings (SSSR count). The van der Waals surface area contributed by atoms with Gasteiger partial charge in [0.05, 0.1) is 16.8 Å². The summed E-state index contributed by atoms with van der Waals surface area (Å²) < 4.78 is 0. The average molecular weight is 261 g/mol. The number of para-hydroxylation sites is 1. The predicted molar refractivity (Wildman–Crippen MR) is 79.1 cm³/mol. The molecular weight excluding hydrogens is 246 g/mol. The quantitative estimate of drug-likeness (QED) is 0.838. The molecule has 0 unspecified atom stereocenters. The Morgan fingerprint density at radius 3 is 2.10 bits per heavy atom. The highest BCUT2D eigenvalue weighted by atomic mass is 14.9. The molecular formula is C17H15N3. The fraction of sp³-hybridized carbons (Fsp3) is 0.176. The fourth-order valence-electron chi connectivity index (χ4n) is 2.08. The summed E-state index contributed by atoms with van der Waals surface area (Å²) in [5.41, 5.74) is 2.97. The second kappa shape index (κ2) is 6.97. The molecule has 2 aromatic carbocycles. The summed E-state index contributed by atoms with van der Waals surface area (Å²) in [5.74, 6) is 0. The molecule has 3 heteroatoms. The Balaban J connectivity index is 1.95. The van der Waals surface area contributed by atoms with Gasteiger partial charge in [0, 0.05) is 6.54 Å². The molecule has 0 aliphatic rings. The third kappa shape index (κ3) is 3.37. The number of rotatable bonds is 5. The minimum Gasteiger partial charge on any atom is -0.383 e. The number of nitrogens with one attached hydrogen (secondary N) is 1. The Hall–Kier alpha value is -2.78. The van der Waals surface area contributed by atoms with Crippen LogP contribution in [0.1, 0.15) is 23.1 Å². The van der Waals surface area contributed by atoms with Gasteiger partial charge in [0.1, 0.15) is 12.1 Å². The fourth-order valence-corrected chi connectivity index (χ4v) is 2.08. The van der Waals surface area contributed by atoms with E-state index in [-0.39, 0.29) is 0 Å². The molecule has 2 aromatic rings. The molecule has 1 N–H and O–H groups in total. The van der Waals surface area contributed by atoms with Gasteiger partial charge in [0.25, 0.3) is 0 Å². The monoisotopic (exact) mass is 261 g/mol. The highest BCUT2D eigenvalue weighted by Gasteiger charge is 2.06. The molecule has 0 saturated heterocycles. The summed E-state index contributed by atoms with van der Waals surface area (Å²) in [6, 6.07) is 19.7. The Bertz CT molecular complexity index is 616. The first-order valence-corrected chi connectivity index (χ1v) is 6.56. The van der Waals surface area contributed by atoms with E-state index in [2.05, 4.69) is 29.6 Å². The van der Waals surface area contributed by atoms with E-state index in [9.17, 15) is 0 Å². The average Bonchev–Trinajstić information content (AvgIpc) is 2.52. The van der Waals surface area contributed by atoms with Gasteiger partial charge in [-0.1, -0.05) is 36.4 Å². The Labute approximate surface area is 119 Å². The van der Waals surface area contributed by atoms with Crippen LogP contribution >= 0.6 is 0 Å². The van der Waals surface area contributed by atoms with Crippen molar-refractivity contribution in [2.45, 2.75) is 12.8 Å². The van der Waals surface area contributed by atoms with E-state index in [4.69, 9.17) is 10.5 Å². The molecule has 0 amide bonds. The van der Waals surface area contributed by atoms with Crippen molar-refractivity contribution in [2.75, 3.05) is 11.9 Å². The van der Waals surface area contributed by atoms with Crippen molar-refractivity contribution < 1.29 is 0 Å². The molecule has 98 valence electrons. The summed E-state index contributed by atoms with van der Waals surface area (Å²) in [6.07, 6.45) is 1.93. The highest BCUT2D eigenvalue weighted by Crippen LogP contribution is 2.19. The van der Waals surface area contributed by atoms with E-state index in [0.717, 1.165) is 19.4 Å². The molecule has 0 aliphatic carbocycles. The lowest BCUT2D eigenvalue weighted by molar-refractivity contribution is 0.862. The molecule has 0 atom stereocenters. The smallest absolute Gasteiger partial charge is 0.101 e. The van der Waals surface area contributed by atoms with Crippen LogP contribution in [-0.2, 0) is 6.42 Å². The Morgan fingerprint density at radius 1 is 0.850 bits per heavy atom. The van der Waals surface area contributed by atoms with Crippen LogP contribution in [0.5, 0.6) is 0 Å². The van der Waals surface area contributed by atoms with Gasteiger partial charge < -0.3 is 5.32 Å². The van der Waals surface area contributed by atoms with Crippen molar-refractivity contribution in [2.24, 2.45) is 0 Å². The number of hydrogen-bond donors (Lipinski definition) is 1. The zero-order chi connectivity index (χ0) is 14.2. The van der Waals surface area contributed by atoms with Crippen LogP contribution in [0.4, 0.5) is 5.69 Å². The van der Waals surface area contributed by atoms with Crippen LogP contribution in [-0.4, -0.2) is 6.54 Å². The van der Waals surface area contributed by atoms with Gasteiger partial charge in [-0.3, -0.25) is 0 Å². The van der Waals surface area contributed by atoms with Gasteiger partial charge in [0.2, 0.25) is 0 Å². The van der Waals surface area contributed by atoms with Crippen LogP contribution < -0.4 is 5.32 Å². The number of nitriles is 2. The normalized spacial score (nSPS) is 9.50. The van der Waals surface area contributed by atoms with Crippen LogP contribution in [0.3, 0.4) is 0 Å². The van der Waals surface area contributed by atoms with Crippen molar-refractivity contribution >= 4 is 5.69 Å². The summed E-state index contributed by atoms with van der Waals surface area (Å²) in [7, 11) is 0. The minimum atomic E-state index is 0.517. The largest absolute Gasteiger partial charge is 0.383 e. The van der Waals surface area contributed by atoms with Crippen molar-refractivity contribution in [1.29, 1.82) is 10.5 Å². The van der Waals surface area contributed by atoms with Gasteiger partial charge in [-0.05, 0) is 30.5 Å². The summed E-state index contributed by atoms with van der Waals surface area (Å²) >= 11 is 0. The van der Waals surface area contributed by atoms with Gasteiger partial charge >= 0.3 is 0 Å². The van der Waals surface area contributed by atoms with Gasteiger partial charge in [-0.25, -0.2) is 0 Å². The molecule has 20 heavy (non-hydrogen) atoms. The first-order valence-electron chi connectivity index (χ1n) is 6.56. The van der Waals surface area contributed by atoms with Crippen molar-refractivity contribution in [3.63, 3.8) is 0 Å². The molecule has 3 nitrogen and oxygen atoms in total. The van der Waals surface area contributed by atoms with Crippen LogP contribution in [0.25, 0.3) is 0 Å². The number of aryl methyl sites for hydroxylation is 1. The molecule has 0 bridgehead atoms. The molecule has 0 radical (unpaired) electrons. The van der Waals surface area contributed by atoms with Crippen LogP contribution in [0.2, 0.25) is 0 Å². The number of anilines is 1. The zero-order valence-electron chi connectivity index (χ0n) is 11.1. The number of nitrogens with zero attached hydrogens (tertiary/aromatic N) is 2. The van der Waals surface area contributed by atoms with E-state index >= 15 is 0 Å². The standard InChI is InChI=1S/C17H15N3/c18-12-15-9-4-10-16(13-19)17(15)20-11-5-8-14-6-2-1-3-7-14/h1-4,6-7,9-10,20H,5,8,11H2. The molecule has 0 heterocycles. The topological polar surface area (TPSA) is 59.6 Å². The van der Waals surface area contributed by atoms with E-state index < -0.39 is 0 Å².